The summed E-state index contributed by atoms with van der Waals surface area (Å²) in [7, 11) is 1.79. The van der Waals surface area contributed by atoms with Gasteiger partial charge in [-0.25, -0.2) is 0 Å². The number of carbonyl (C=O) groups excluding carboxylic acids is 1. The number of nitrogens with zero attached hydrogens (tertiary/aromatic N) is 2. The highest BCUT2D eigenvalue weighted by Gasteiger charge is 2.09. The molecule has 0 radical (unpaired) electrons. The first kappa shape index (κ1) is 10.7. The first-order valence-corrected chi connectivity index (χ1v) is 4.97. The molecule has 16 heavy (non-hydrogen) atoms. The number of phenols is 1. The van der Waals surface area contributed by atoms with Crippen molar-refractivity contribution < 1.29 is 9.90 Å². The van der Waals surface area contributed by atoms with Crippen LogP contribution >= 0.6 is 11.6 Å². The van der Waals surface area contributed by atoms with Crippen LogP contribution in [0, 0.1) is 0 Å². The number of carbonyl (C=O) groups is 1. The van der Waals surface area contributed by atoms with Gasteiger partial charge in [-0.1, -0.05) is 0 Å². The molecular formula is C11H9ClN2O2. The van der Waals surface area contributed by atoms with Gasteiger partial charge >= 0.3 is 0 Å². The molecule has 1 aromatic carbocycles. The van der Waals surface area contributed by atoms with E-state index in [4.69, 9.17) is 11.6 Å². The molecule has 0 unspecified atom stereocenters. The molecule has 1 aromatic heterocycles. The molecule has 2 rings (SSSR count). The molecule has 1 N–H and O–H groups in total. The van der Waals surface area contributed by atoms with Crippen molar-refractivity contribution in [3.05, 3.63) is 36.2 Å². The van der Waals surface area contributed by atoms with Crippen LogP contribution in [0.3, 0.4) is 0 Å². The molecule has 0 fully saturated rings. The number of aryl methyl sites for hydroxylation is 1. The fraction of sp³-hybridized carbons (Fsp3) is 0.0909. The van der Waals surface area contributed by atoms with Gasteiger partial charge in [-0.05, 0) is 29.8 Å². The van der Waals surface area contributed by atoms with Crippen molar-refractivity contribution in [1.29, 1.82) is 0 Å². The van der Waals surface area contributed by atoms with E-state index in [0.717, 1.165) is 5.56 Å². The minimum absolute atomic E-state index is 0.0134. The summed E-state index contributed by atoms with van der Waals surface area (Å²) in [6, 6.07) is 4.55. The Balaban J connectivity index is 2.47. The van der Waals surface area contributed by atoms with Gasteiger partial charge in [0, 0.05) is 29.9 Å². The Kier molecular flexibility index (Phi) is 2.66. The fourth-order valence-corrected chi connectivity index (χ4v) is 1.58. The summed E-state index contributed by atoms with van der Waals surface area (Å²) in [6.07, 6.45) is 3.41. The quantitative estimate of drug-likeness (QED) is 0.813. The van der Waals surface area contributed by atoms with Crippen LogP contribution in [0.2, 0.25) is 0 Å². The monoisotopic (exact) mass is 236 g/mol. The summed E-state index contributed by atoms with van der Waals surface area (Å²) in [5, 5.41) is 13.2. The number of rotatable bonds is 2. The molecule has 5 heteroatoms. The molecule has 0 aliphatic carbocycles. The van der Waals surface area contributed by atoms with Crippen molar-refractivity contribution in [1.82, 2.24) is 9.78 Å². The Morgan fingerprint density at radius 2 is 2.25 bits per heavy atom. The number of aromatic hydroxyl groups is 1. The van der Waals surface area contributed by atoms with Crippen LogP contribution in [0.25, 0.3) is 11.1 Å². The minimum atomic E-state index is -0.590. The fourth-order valence-electron chi connectivity index (χ4n) is 1.46. The maximum absolute atomic E-state index is 10.9. The van der Waals surface area contributed by atoms with Crippen molar-refractivity contribution in [3.63, 3.8) is 0 Å². The minimum Gasteiger partial charge on any atom is -0.507 e. The van der Waals surface area contributed by atoms with Gasteiger partial charge in [-0.2, -0.15) is 5.10 Å². The van der Waals surface area contributed by atoms with Crippen molar-refractivity contribution in [2.75, 3.05) is 0 Å². The molecule has 0 aliphatic rings. The van der Waals surface area contributed by atoms with E-state index in [-0.39, 0.29) is 11.3 Å². The third-order valence-electron chi connectivity index (χ3n) is 2.24. The largest absolute Gasteiger partial charge is 0.507 e. The number of hydrogen-bond acceptors (Lipinski definition) is 3. The van der Waals surface area contributed by atoms with Gasteiger partial charge in [0.05, 0.1) is 6.20 Å². The summed E-state index contributed by atoms with van der Waals surface area (Å²) < 4.78 is 1.63. The molecule has 1 heterocycles. The van der Waals surface area contributed by atoms with E-state index >= 15 is 0 Å². The molecule has 0 amide bonds. The molecule has 0 spiro atoms. The molecule has 82 valence electrons. The highest BCUT2D eigenvalue weighted by molar-refractivity contribution is 6.67. The van der Waals surface area contributed by atoms with Gasteiger partial charge in [0.25, 0.3) is 5.24 Å². The van der Waals surface area contributed by atoms with Crippen LogP contribution in [0.5, 0.6) is 5.75 Å². The molecule has 0 atom stereocenters. The standard InChI is InChI=1S/C11H9ClN2O2/c1-14-6-8(5-13-14)9-3-2-7(11(12)16)4-10(9)15/h2-6,15H,1H3. The molecule has 0 bridgehead atoms. The predicted octanol–water partition coefficient (Wildman–Crippen LogP) is 2.17. The SMILES string of the molecule is Cn1cc(-c2ccc(C(=O)Cl)cc2O)cn1. The number of halogens is 1. The number of phenolic OH excluding ortho intramolecular Hbond substituents is 1. The third kappa shape index (κ3) is 1.92. The first-order chi connectivity index (χ1) is 7.58. The van der Waals surface area contributed by atoms with Gasteiger partial charge in [0.2, 0.25) is 0 Å². The smallest absolute Gasteiger partial charge is 0.252 e. The normalized spacial score (nSPS) is 10.4. The van der Waals surface area contributed by atoms with Gasteiger partial charge in [-0.3, -0.25) is 9.48 Å². The molecule has 0 saturated carbocycles. The van der Waals surface area contributed by atoms with E-state index in [1.165, 1.54) is 6.07 Å². The Hall–Kier alpha value is -1.81. The second-order valence-electron chi connectivity index (χ2n) is 3.41. The Morgan fingerprint density at radius 3 is 2.75 bits per heavy atom. The van der Waals surface area contributed by atoms with E-state index in [1.54, 1.807) is 36.3 Å². The topological polar surface area (TPSA) is 55.1 Å². The maximum atomic E-state index is 10.9. The Morgan fingerprint density at radius 1 is 1.50 bits per heavy atom. The average Bonchev–Trinajstić information content (AvgIpc) is 2.64. The maximum Gasteiger partial charge on any atom is 0.252 e. The van der Waals surface area contributed by atoms with E-state index in [9.17, 15) is 9.90 Å². The van der Waals surface area contributed by atoms with Crippen molar-refractivity contribution >= 4 is 16.8 Å². The summed E-state index contributed by atoms with van der Waals surface area (Å²) in [6.45, 7) is 0. The lowest BCUT2D eigenvalue weighted by atomic mass is 10.1. The second kappa shape index (κ2) is 3.98. The summed E-state index contributed by atoms with van der Waals surface area (Å²) >= 11 is 5.31. The zero-order valence-corrected chi connectivity index (χ0v) is 9.27. The predicted molar refractivity (Wildman–Crippen MR) is 60.5 cm³/mol. The summed E-state index contributed by atoms with van der Waals surface area (Å²) in [5.74, 6) is 0.0134. The van der Waals surface area contributed by atoms with E-state index in [1.807, 2.05) is 0 Å². The van der Waals surface area contributed by atoms with Crippen molar-refractivity contribution in [3.8, 4) is 16.9 Å². The molecule has 0 saturated heterocycles. The summed E-state index contributed by atoms with van der Waals surface area (Å²) in [5.41, 5.74) is 1.68. The van der Waals surface area contributed by atoms with Crippen LogP contribution < -0.4 is 0 Å². The zero-order valence-electron chi connectivity index (χ0n) is 8.51. The summed E-state index contributed by atoms with van der Waals surface area (Å²) in [4.78, 5) is 10.9. The van der Waals surface area contributed by atoms with E-state index in [2.05, 4.69) is 5.10 Å². The number of hydrogen-bond donors (Lipinski definition) is 1. The van der Waals surface area contributed by atoms with Gasteiger partial charge in [0.15, 0.2) is 0 Å². The highest BCUT2D eigenvalue weighted by Crippen LogP contribution is 2.29. The van der Waals surface area contributed by atoms with Crippen molar-refractivity contribution in [2.45, 2.75) is 0 Å². The Labute approximate surface area is 97.1 Å². The lowest BCUT2D eigenvalue weighted by Gasteiger charge is -2.02. The van der Waals surface area contributed by atoms with Gasteiger partial charge in [0.1, 0.15) is 5.75 Å². The van der Waals surface area contributed by atoms with Crippen molar-refractivity contribution in [2.24, 2.45) is 7.05 Å². The van der Waals surface area contributed by atoms with Crippen LogP contribution in [-0.2, 0) is 7.05 Å². The zero-order chi connectivity index (χ0) is 11.7. The third-order valence-corrected chi connectivity index (χ3v) is 2.46. The Bertz CT molecular complexity index is 549. The van der Waals surface area contributed by atoms with Crippen LogP contribution in [-0.4, -0.2) is 20.1 Å². The first-order valence-electron chi connectivity index (χ1n) is 4.60. The van der Waals surface area contributed by atoms with Gasteiger partial charge < -0.3 is 5.11 Å². The molecule has 0 aliphatic heterocycles. The molecule has 2 aromatic rings. The number of aromatic nitrogens is 2. The van der Waals surface area contributed by atoms with Crippen LogP contribution in [0.1, 0.15) is 10.4 Å². The van der Waals surface area contributed by atoms with E-state index in [0.29, 0.717) is 5.56 Å². The second-order valence-corrected chi connectivity index (χ2v) is 3.75. The van der Waals surface area contributed by atoms with E-state index < -0.39 is 5.24 Å². The van der Waals surface area contributed by atoms with Gasteiger partial charge in [-0.15, -0.1) is 0 Å². The highest BCUT2D eigenvalue weighted by atomic mass is 35.5. The average molecular weight is 237 g/mol. The molecule has 4 nitrogen and oxygen atoms in total. The van der Waals surface area contributed by atoms with Crippen LogP contribution in [0.4, 0.5) is 0 Å². The van der Waals surface area contributed by atoms with Crippen LogP contribution in [0.15, 0.2) is 30.6 Å². The lowest BCUT2D eigenvalue weighted by Crippen LogP contribution is -1.88. The number of benzene rings is 1. The molecular weight excluding hydrogens is 228 g/mol. The lowest BCUT2D eigenvalue weighted by molar-refractivity contribution is 0.108.